The molecule has 0 amide bonds. The van der Waals surface area contributed by atoms with Gasteiger partial charge in [-0.25, -0.2) is 9.97 Å². The predicted octanol–water partition coefficient (Wildman–Crippen LogP) is 5.00. The van der Waals surface area contributed by atoms with Gasteiger partial charge in [0.2, 0.25) is 0 Å². The second-order valence-corrected chi connectivity index (χ2v) is 7.08. The van der Waals surface area contributed by atoms with Gasteiger partial charge in [0.1, 0.15) is 11.3 Å². The van der Waals surface area contributed by atoms with Gasteiger partial charge in [0.05, 0.1) is 26.6 Å². The average molecular weight is 340 g/mol. The van der Waals surface area contributed by atoms with Crippen LogP contribution in [0.4, 0.5) is 0 Å². The highest BCUT2D eigenvalue weighted by molar-refractivity contribution is 7.09. The summed E-state index contributed by atoms with van der Waals surface area (Å²) < 4.78 is 2.15. The first-order chi connectivity index (χ1) is 10.1. The summed E-state index contributed by atoms with van der Waals surface area (Å²) in [4.78, 5) is 9.12. The summed E-state index contributed by atoms with van der Waals surface area (Å²) >= 11 is 14.2. The normalized spacial score (nSPS) is 13.0. The lowest BCUT2D eigenvalue weighted by Crippen LogP contribution is -2.07. The molecule has 2 heterocycles. The smallest absolute Gasteiger partial charge is 0.127 e. The lowest BCUT2D eigenvalue weighted by atomic mass is 10.3. The van der Waals surface area contributed by atoms with Crippen molar-refractivity contribution in [2.75, 3.05) is 0 Å². The molecule has 0 fully saturated rings. The van der Waals surface area contributed by atoms with E-state index in [0.29, 0.717) is 5.02 Å². The molecule has 0 saturated heterocycles. The molecule has 0 aliphatic carbocycles. The average Bonchev–Trinajstić information content (AvgIpc) is 3.01. The predicted molar refractivity (Wildman–Crippen MR) is 89.6 cm³/mol. The first-order valence-corrected chi connectivity index (χ1v) is 8.45. The zero-order chi connectivity index (χ0) is 15.0. The maximum Gasteiger partial charge on any atom is 0.127 e. The van der Waals surface area contributed by atoms with Gasteiger partial charge < -0.3 is 4.57 Å². The van der Waals surface area contributed by atoms with Crippen molar-refractivity contribution in [1.82, 2.24) is 14.5 Å². The number of para-hydroxylation sites is 1. The number of hydrogen-bond donors (Lipinski definition) is 0. The summed E-state index contributed by atoms with van der Waals surface area (Å²) in [5.74, 6) is 0.853. The van der Waals surface area contributed by atoms with Crippen LogP contribution in [0, 0.1) is 6.92 Å². The number of benzene rings is 1. The van der Waals surface area contributed by atoms with Gasteiger partial charge in [-0.05, 0) is 26.0 Å². The number of halogens is 2. The van der Waals surface area contributed by atoms with Crippen molar-refractivity contribution in [3.63, 3.8) is 0 Å². The molecule has 2 aromatic heterocycles. The third kappa shape index (κ3) is 2.93. The van der Waals surface area contributed by atoms with Gasteiger partial charge in [-0.1, -0.05) is 17.7 Å². The van der Waals surface area contributed by atoms with Gasteiger partial charge in [-0.15, -0.1) is 22.9 Å². The van der Waals surface area contributed by atoms with Gasteiger partial charge in [-0.2, -0.15) is 0 Å². The van der Waals surface area contributed by atoms with Crippen LogP contribution in [0.3, 0.4) is 0 Å². The quantitative estimate of drug-likeness (QED) is 0.626. The van der Waals surface area contributed by atoms with Crippen LogP contribution in [0.15, 0.2) is 23.6 Å². The Balaban J connectivity index is 1.99. The molecule has 0 aliphatic rings. The standard InChI is InChI=1S/C15H15Cl2N3S/c1-9(16)15-19-14-12(17)4-3-5-13(14)20(15)7-6-11-8-21-10(2)18-11/h3-5,8-9H,6-7H2,1-2H3. The molecule has 3 nitrogen and oxygen atoms in total. The van der Waals surface area contributed by atoms with Crippen molar-refractivity contribution >= 4 is 45.6 Å². The van der Waals surface area contributed by atoms with Crippen molar-refractivity contribution in [1.29, 1.82) is 0 Å². The molecule has 0 saturated carbocycles. The third-order valence-corrected chi connectivity index (χ3v) is 4.70. The minimum Gasteiger partial charge on any atom is -0.326 e. The zero-order valence-electron chi connectivity index (χ0n) is 11.8. The van der Waals surface area contributed by atoms with Gasteiger partial charge >= 0.3 is 0 Å². The lowest BCUT2D eigenvalue weighted by molar-refractivity contribution is 0.661. The molecule has 0 aliphatic heterocycles. The van der Waals surface area contributed by atoms with Crippen LogP contribution >= 0.6 is 34.5 Å². The zero-order valence-corrected chi connectivity index (χ0v) is 14.1. The molecule has 1 atom stereocenters. The second kappa shape index (κ2) is 5.95. The van der Waals surface area contributed by atoms with Crippen molar-refractivity contribution < 1.29 is 0 Å². The summed E-state index contributed by atoms with van der Waals surface area (Å²) in [6, 6.07) is 5.83. The lowest BCUT2D eigenvalue weighted by Gasteiger charge is -2.09. The Morgan fingerprint density at radius 3 is 2.81 bits per heavy atom. The van der Waals surface area contributed by atoms with Crippen LogP contribution in [0.2, 0.25) is 5.02 Å². The van der Waals surface area contributed by atoms with E-state index in [-0.39, 0.29) is 5.38 Å². The second-order valence-electron chi connectivity index (χ2n) is 4.95. The molecule has 21 heavy (non-hydrogen) atoms. The number of hydrogen-bond acceptors (Lipinski definition) is 3. The Hall–Kier alpha value is -1.10. The number of aryl methyl sites for hydroxylation is 3. The molecular formula is C15H15Cl2N3S. The van der Waals surface area contributed by atoms with E-state index in [1.54, 1.807) is 11.3 Å². The fourth-order valence-electron chi connectivity index (χ4n) is 2.42. The summed E-state index contributed by atoms with van der Waals surface area (Å²) in [7, 11) is 0. The summed E-state index contributed by atoms with van der Waals surface area (Å²) in [6.45, 7) is 4.75. The highest BCUT2D eigenvalue weighted by Crippen LogP contribution is 2.29. The number of fused-ring (bicyclic) bond motifs is 1. The summed E-state index contributed by atoms with van der Waals surface area (Å²) in [5, 5.41) is 3.69. The maximum absolute atomic E-state index is 6.28. The van der Waals surface area contributed by atoms with E-state index < -0.39 is 0 Å². The Morgan fingerprint density at radius 2 is 2.14 bits per heavy atom. The number of alkyl halides is 1. The molecule has 0 bridgehead atoms. The van der Waals surface area contributed by atoms with E-state index in [9.17, 15) is 0 Å². The first-order valence-electron chi connectivity index (χ1n) is 6.76. The highest BCUT2D eigenvalue weighted by Gasteiger charge is 2.16. The van der Waals surface area contributed by atoms with Crippen LogP contribution in [0.1, 0.15) is 28.8 Å². The molecule has 1 unspecified atom stereocenters. The van der Waals surface area contributed by atoms with E-state index >= 15 is 0 Å². The fourth-order valence-corrected chi connectivity index (χ4v) is 3.44. The topological polar surface area (TPSA) is 30.7 Å². The third-order valence-electron chi connectivity index (χ3n) is 3.37. The van der Waals surface area contributed by atoms with Crippen LogP contribution < -0.4 is 0 Å². The number of thiazole rings is 1. The largest absolute Gasteiger partial charge is 0.326 e. The summed E-state index contributed by atoms with van der Waals surface area (Å²) in [5.41, 5.74) is 2.95. The summed E-state index contributed by atoms with van der Waals surface area (Å²) in [6.07, 6.45) is 0.860. The van der Waals surface area contributed by atoms with Gasteiger partial charge in [0.25, 0.3) is 0 Å². The monoisotopic (exact) mass is 339 g/mol. The molecule has 1 aromatic carbocycles. The SMILES string of the molecule is Cc1nc(CCn2c(C(C)Cl)nc3c(Cl)cccc32)cs1. The Labute approximate surface area is 137 Å². The minimum atomic E-state index is -0.161. The molecular weight excluding hydrogens is 325 g/mol. The molecule has 110 valence electrons. The molecule has 0 N–H and O–H groups in total. The van der Waals surface area contributed by atoms with Gasteiger partial charge in [-0.3, -0.25) is 0 Å². The van der Waals surface area contributed by atoms with Crippen molar-refractivity contribution in [2.45, 2.75) is 32.2 Å². The first kappa shape index (κ1) is 14.8. The Bertz CT molecular complexity index is 776. The van der Waals surface area contributed by atoms with Crippen LogP contribution in [0.25, 0.3) is 11.0 Å². The maximum atomic E-state index is 6.28. The fraction of sp³-hybridized carbons (Fsp3) is 0.333. The van der Waals surface area contributed by atoms with Crippen LogP contribution in [0.5, 0.6) is 0 Å². The van der Waals surface area contributed by atoms with Gasteiger partial charge in [0, 0.05) is 18.3 Å². The number of imidazole rings is 1. The van der Waals surface area contributed by atoms with Crippen molar-refractivity contribution in [2.24, 2.45) is 0 Å². The van der Waals surface area contributed by atoms with Crippen molar-refractivity contribution in [3.05, 3.63) is 45.1 Å². The van der Waals surface area contributed by atoms with E-state index in [2.05, 4.69) is 19.9 Å². The molecule has 3 rings (SSSR count). The molecule has 0 radical (unpaired) electrons. The number of nitrogens with zero attached hydrogens (tertiary/aromatic N) is 3. The van der Waals surface area contributed by atoms with Gasteiger partial charge in [0.15, 0.2) is 0 Å². The van der Waals surface area contributed by atoms with E-state index in [0.717, 1.165) is 40.5 Å². The van der Waals surface area contributed by atoms with E-state index in [1.807, 2.05) is 32.0 Å². The van der Waals surface area contributed by atoms with Crippen LogP contribution in [-0.4, -0.2) is 14.5 Å². The molecule has 0 spiro atoms. The molecule has 6 heteroatoms. The Morgan fingerprint density at radius 1 is 1.33 bits per heavy atom. The van der Waals surface area contributed by atoms with Crippen molar-refractivity contribution in [3.8, 4) is 0 Å². The number of aromatic nitrogens is 3. The Kier molecular flexibility index (Phi) is 4.20. The van der Waals surface area contributed by atoms with Crippen LogP contribution in [-0.2, 0) is 13.0 Å². The van der Waals surface area contributed by atoms with E-state index in [4.69, 9.17) is 23.2 Å². The molecule has 3 aromatic rings. The minimum absolute atomic E-state index is 0.161. The van der Waals surface area contributed by atoms with E-state index in [1.165, 1.54) is 0 Å². The number of rotatable bonds is 4. The highest BCUT2D eigenvalue weighted by atomic mass is 35.5.